The summed E-state index contributed by atoms with van der Waals surface area (Å²) in [6, 6.07) is 11.0. The first-order valence-corrected chi connectivity index (χ1v) is 12.6. The first-order chi connectivity index (χ1) is 19.0. The molecule has 3 aromatic rings. The van der Waals surface area contributed by atoms with Crippen molar-refractivity contribution in [2.75, 3.05) is 18.0 Å². The highest BCUT2D eigenvalue weighted by Crippen LogP contribution is 2.33. The second-order valence-corrected chi connectivity index (χ2v) is 9.69. The van der Waals surface area contributed by atoms with Gasteiger partial charge in [0.1, 0.15) is 11.5 Å². The molecule has 1 saturated heterocycles. The highest BCUT2D eigenvalue weighted by atomic mass is 19.1. The number of aromatic nitrogens is 1. The molecule has 0 bridgehead atoms. The highest BCUT2D eigenvalue weighted by Gasteiger charge is 2.35. The van der Waals surface area contributed by atoms with Gasteiger partial charge in [-0.1, -0.05) is 12.1 Å². The fourth-order valence-electron chi connectivity index (χ4n) is 4.82. The Morgan fingerprint density at radius 1 is 1.10 bits per heavy atom. The van der Waals surface area contributed by atoms with Crippen molar-refractivity contribution in [2.24, 2.45) is 0 Å². The standard InChI is InChI=1S/C28H28FN5O6/c1-17-16-33(28(38)21-4-3-11-30-14-21)18(2)15-32(17)24-10-7-20(12-25(24)34(39)40)27(37)31-23(13-26(35)36)19-5-8-22(29)9-6-19/h3-12,14,17-18,23H,13,15-16H2,1-2H3,(H,31,37)(H,35,36). The number of hydrogen-bond donors (Lipinski definition) is 2. The number of piperazine rings is 1. The summed E-state index contributed by atoms with van der Waals surface area (Å²) < 4.78 is 13.3. The highest BCUT2D eigenvalue weighted by molar-refractivity contribution is 5.96. The van der Waals surface area contributed by atoms with E-state index in [-0.39, 0.29) is 29.2 Å². The van der Waals surface area contributed by atoms with E-state index >= 15 is 0 Å². The molecular weight excluding hydrogens is 521 g/mol. The largest absolute Gasteiger partial charge is 0.481 e. The third-order valence-electron chi connectivity index (χ3n) is 6.86. The van der Waals surface area contributed by atoms with E-state index < -0.39 is 35.1 Å². The maximum atomic E-state index is 13.3. The Morgan fingerprint density at radius 2 is 1.82 bits per heavy atom. The van der Waals surface area contributed by atoms with Crippen LogP contribution in [0.5, 0.6) is 0 Å². The molecule has 2 aromatic carbocycles. The van der Waals surface area contributed by atoms with Crippen molar-refractivity contribution in [1.29, 1.82) is 0 Å². The number of carboxylic acids is 1. The number of nitrogens with zero attached hydrogens (tertiary/aromatic N) is 4. The molecule has 40 heavy (non-hydrogen) atoms. The predicted molar refractivity (Wildman–Crippen MR) is 143 cm³/mol. The number of carbonyl (C=O) groups excluding carboxylic acids is 2. The summed E-state index contributed by atoms with van der Waals surface area (Å²) >= 11 is 0. The Labute approximate surface area is 229 Å². The number of hydrogen-bond acceptors (Lipinski definition) is 7. The zero-order chi connectivity index (χ0) is 29.0. The number of halogens is 1. The predicted octanol–water partition coefficient (Wildman–Crippen LogP) is 3.81. The van der Waals surface area contributed by atoms with Crippen molar-refractivity contribution in [3.63, 3.8) is 0 Å². The Morgan fingerprint density at radius 3 is 2.45 bits per heavy atom. The molecule has 2 N–H and O–H groups in total. The molecule has 0 spiro atoms. The van der Waals surface area contributed by atoms with Crippen LogP contribution in [-0.4, -0.2) is 62.9 Å². The molecule has 2 heterocycles. The quantitative estimate of drug-likeness (QED) is 0.319. The molecule has 0 aliphatic carbocycles. The maximum absolute atomic E-state index is 13.3. The van der Waals surface area contributed by atoms with Crippen LogP contribution in [0.15, 0.2) is 67.0 Å². The Bertz CT molecular complexity index is 1420. The Hall–Kier alpha value is -4.87. The summed E-state index contributed by atoms with van der Waals surface area (Å²) in [7, 11) is 0. The van der Waals surface area contributed by atoms with E-state index in [1.165, 1.54) is 30.5 Å². The number of anilines is 1. The minimum Gasteiger partial charge on any atom is -0.481 e. The third-order valence-corrected chi connectivity index (χ3v) is 6.86. The van der Waals surface area contributed by atoms with E-state index in [4.69, 9.17) is 0 Å². The summed E-state index contributed by atoms with van der Waals surface area (Å²) in [6.07, 6.45) is 2.62. The Kier molecular flexibility index (Phi) is 8.37. The number of nitro benzene ring substituents is 1. The van der Waals surface area contributed by atoms with E-state index in [0.717, 1.165) is 18.2 Å². The van der Waals surface area contributed by atoms with E-state index in [2.05, 4.69) is 10.3 Å². The number of rotatable bonds is 8. The van der Waals surface area contributed by atoms with Crippen molar-refractivity contribution in [2.45, 2.75) is 38.4 Å². The molecule has 0 saturated carbocycles. The van der Waals surface area contributed by atoms with Crippen molar-refractivity contribution >= 4 is 29.2 Å². The van der Waals surface area contributed by atoms with E-state index in [0.29, 0.717) is 29.9 Å². The SMILES string of the molecule is CC1CN(c2ccc(C(=O)NC(CC(=O)O)c3ccc(F)cc3)cc2[N+](=O)[O-])C(C)CN1C(=O)c1cccnc1. The molecule has 1 aliphatic rings. The zero-order valence-corrected chi connectivity index (χ0v) is 21.9. The fourth-order valence-corrected chi connectivity index (χ4v) is 4.82. The van der Waals surface area contributed by atoms with Gasteiger partial charge >= 0.3 is 5.97 Å². The molecule has 3 unspecified atom stereocenters. The van der Waals surface area contributed by atoms with Crippen LogP contribution in [0, 0.1) is 15.9 Å². The van der Waals surface area contributed by atoms with Crippen LogP contribution in [0.25, 0.3) is 0 Å². The van der Waals surface area contributed by atoms with Crippen molar-refractivity contribution in [1.82, 2.24) is 15.2 Å². The normalized spacial score (nSPS) is 17.7. The number of nitro groups is 1. The van der Waals surface area contributed by atoms with Gasteiger partial charge in [0.05, 0.1) is 22.9 Å². The fraction of sp³-hybridized carbons (Fsp3) is 0.286. The molecule has 4 rings (SSSR count). The van der Waals surface area contributed by atoms with Crippen LogP contribution in [-0.2, 0) is 4.79 Å². The number of nitrogens with one attached hydrogen (secondary N) is 1. The first-order valence-electron chi connectivity index (χ1n) is 12.6. The second-order valence-electron chi connectivity index (χ2n) is 9.69. The van der Waals surface area contributed by atoms with Gasteiger partial charge in [0.15, 0.2) is 0 Å². The monoisotopic (exact) mass is 549 g/mol. The zero-order valence-electron chi connectivity index (χ0n) is 21.9. The van der Waals surface area contributed by atoms with E-state index in [1.54, 1.807) is 23.2 Å². The topological polar surface area (TPSA) is 146 Å². The number of aliphatic carboxylic acids is 1. The van der Waals surface area contributed by atoms with Crippen molar-refractivity contribution in [3.05, 3.63) is 99.6 Å². The summed E-state index contributed by atoms with van der Waals surface area (Å²) in [4.78, 5) is 56.5. The number of pyridine rings is 1. The van der Waals surface area contributed by atoms with E-state index in [9.17, 15) is 34.0 Å². The van der Waals surface area contributed by atoms with Gasteiger partial charge in [-0.2, -0.15) is 0 Å². The molecule has 1 fully saturated rings. The van der Waals surface area contributed by atoms with Gasteiger partial charge in [0.2, 0.25) is 0 Å². The number of amides is 2. The minimum absolute atomic E-state index is 0.0287. The van der Waals surface area contributed by atoms with Gasteiger partial charge in [0, 0.05) is 49.2 Å². The molecule has 12 heteroatoms. The number of carboxylic acid groups (broad SMARTS) is 1. The lowest BCUT2D eigenvalue weighted by Crippen LogP contribution is -2.58. The summed E-state index contributed by atoms with van der Waals surface area (Å²) in [5, 5.41) is 24.0. The molecule has 3 atom stereocenters. The lowest BCUT2D eigenvalue weighted by atomic mass is 10.0. The summed E-state index contributed by atoms with van der Waals surface area (Å²) in [5.74, 6) is -2.58. The van der Waals surface area contributed by atoms with Crippen LogP contribution in [0.2, 0.25) is 0 Å². The molecule has 208 valence electrons. The molecule has 11 nitrogen and oxygen atoms in total. The van der Waals surface area contributed by atoms with E-state index in [1.807, 2.05) is 18.7 Å². The lowest BCUT2D eigenvalue weighted by Gasteiger charge is -2.45. The van der Waals surface area contributed by atoms with Crippen LogP contribution >= 0.6 is 0 Å². The van der Waals surface area contributed by atoms with Gasteiger partial charge in [-0.15, -0.1) is 0 Å². The van der Waals surface area contributed by atoms with Gasteiger partial charge in [-0.05, 0) is 55.8 Å². The molecule has 1 aliphatic heterocycles. The summed E-state index contributed by atoms with van der Waals surface area (Å²) in [5.41, 5.74) is 0.812. The van der Waals surface area contributed by atoms with Crippen molar-refractivity contribution in [3.8, 4) is 0 Å². The van der Waals surface area contributed by atoms with Gasteiger partial charge in [0.25, 0.3) is 17.5 Å². The minimum atomic E-state index is -1.18. The molecule has 2 amide bonds. The number of benzene rings is 2. The smallest absolute Gasteiger partial charge is 0.305 e. The van der Waals surface area contributed by atoms with Crippen LogP contribution < -0.4 is 10.2 Å². The molecule has 0 radical (unpaired) electrons. The molecular formula is C28H28FN5O6. The third kappa shape index (κ3) is 6.22. The lowest BCUT2D eigenvalue weighted by molar-refractivity contribution is -0.384. The summed E-state index contributed by atoms with van der Waals surface area (Å²) in [6.45, 7) is 4.37. The van der Waals surface area contributed by atoms with Crippen LogP contribution in [0.4, 0.5) is 15.8 Å². The van der Waals surface area contributed by atoms with Gasteiger partial charge < -0.3 is 20.2 Å². The van der Waals surface area contributed by atoms with Gasteiger partial charge in [-0.25, -0.2) is 4.39 Å². The average molecular weight is 550 g/mol. The maximum Gasteiger partial charge on any atom is 0.305 e. The van der Waals surface area contributed by atoms with Crippen LogP contribution in [0.3, 0.4) is 0 Å². The number of carbonyl (C=O) groups is 3. The Balaban J connectivity index is 1.56. The van der Waals surface area contributed by atoms with Crippen molar-refractivity contribution < 1.29 is 28.8 Å². The second kappa shape index (κ2) is 11.9. The molecule has 1 aromatic heterocycles. The van der Waals surface area contributed by atoms with Gasteiger partial charge in [-0.3, -0.25) is 29.5 Å². The van der Waals surface area contributed by atoms with Crippen LogP contribution in [0.1, 0.15) is 52.6 Å². The average Bonchev–Trinajstić information content (AvgIpc) is 2.93. The first kappa shape index (κ1) is 28.1.